The summed E-state index contributed by atoms with van der Waals surface area (Å²) in [6.07, 6.45) is 4.27. The van der Waals surface area contributed by atoms with E-state index in [-0.39, 0.29) is 12.1 Å². The van der Waals surface area contributed by atoms with E-state index in [2.05, 4.69) is 15.6 Å². The van der Waals surface area contributed by atoms with Gasteiger partial charge in [-0.05, 0) is 49.3 Å². The first-order valence-corrected chi connectivity index (χ1v) is 8.79. The Morgan fingerprint density at radius 3 is 2.76 bits per heavy atom. The summed E-state index contributed by atoms with van der Waals surface area (Å²) in [4.78, 5) is 16.4. The van der Waals surface area contributed by atoms with E-state index in [9.17, 15) is 4.79 Å². The van der Waals surface area contributed by atoms with Gasteiger partial charge in [-0.15, -0.1) is 0 Å². The summed E-state index contributed by atoms with van der Waals surface area (Å²) in [5.41, 5.74) is 3.23. The summed E-state index contributed by atoms with van der Waals surface area (Å²) < 4.78 is 5.61. The van der Waals surface area contributed by atoms with Crippen molar-refractivity contribution < 1.29 is 9.53 Å². The van der Waals surface area contributed by atoms with Crippen LogP contribution in [0.4, 0.5) is 4.79 Å². The van der Waals surface area contributed by atoms with Gasteiger partial charge in [0.05, 0.1) is 12.6 Å². The van der Waals surface area contributed by atoms with Crippen LogP contribution < -0.4 is 15.4 Å². The average Bonchev–Trinajstić information content (AvgIpc) is 3.44. The Bertz CT molecular complexity index is 711. The molecule has 1 aromatic heterocycles. The maximum Gasteiger partial charge on any atom is 0.315 e. The molecule has 25 heavy (non-hydrogen) atoms. The van der Waals surface area contributed by atoms with Crippen molar-refractivity contribution in [2.75, 3.05) is 6.61 Å². The van der Waals surface area contributed by atoms with E-state index in [1.165, 1.54) is 18.4 Å². The normalized spacial score (nSPS) is 14.6. The summed E-state index contributed by atoms with van der Waals surface area (Å²) in [5, 5.41) is 5.83. The maximum atomic E-state index is 12.1. The number of carbonyl (C=O) groups is 1. The molecule has 2 N–H and O–H groups in total. The van der Waals surface area contributed by atoms with Gasteiger partial charge in [-0.3, -0.25) is 0 Å². The fourth-order valence-electron chi connectivity index (χ4n) is 2.67. The molecule has 1 aliphatic rings. The predicted molar refractivity (Wildman–Crippen MR) is 97.4 cm³/mol. The topological polar surface area (TPSA) is 63.2 Å². The van der Waals surface area contributed by atoms with Crippen molar-refractivity contribution in [3.8, 4) is 5.88 Å². The van der Waals surface area contributed by atoms with E-state index in [4.69, 9.17) is 4.74 Å². The fraction of sp³-hybridized carbons (Fsp3) is 0.400. The molecule has 0 radical (unpaired) electrons. The van der Waals surface area contributed by atoms with Gasteiger partial charge >= 0.3 is 6.03 Å². The van der Waals surface area contributed by atoms with E-state index < -0.39 is 0 Å². The highest BCUT2D eigenvalue weighted by Crippen LogP contribution is 2.29. The lowest BCUT2D eigenvalue weighted by Gasteiger charge is -2.17. The van der Waals surface area contributed by atoms with Crippen LogP contribution in [0.2, 0.25) is 0 Å². The largest absolute Gasteiger partial charge is 0.477 e. The van der Waals surface area contributed by atoms with E-state index in [0.717, 1.165) is 17.7 Å². The van der Waals surface area contributed by atoms with Crippen LogP contribution >= 0.6 is 0 Å². The van der Waals surface area contributed by atoms with Crippen molar-refractivity contribution in [3.05, 3.63) is 59.3 Å². The number of urea groups is 1. The number of aryl methyl sites for hydroxylation is 1. The minimum Gasteiger partial charge on any atom is -0.477 e. The van der Waals surface area contributed by atoms with Gasteiger partial charge in [0.1, 0.15) is 0 Å². The summed E-state index contributed by atoms with van der Waals surface area (Å²) in [6, 6.07) is 11.6. The first-order chi connectivity index (χ1) is 12.1. The number of nitrogens with one attached hydrogen (secondary N) is 2. The second kappa shape index (κ2) is 8.01. The van der Waals surface area contributed by atoms with E-state index in [0.29, 0.717) is 18.3 Å². The molecule has 5 heteroatoms. The third-order valence-electron chi connectivity index (χ3n) is 4.42. The molecule has 1 aliphatic carbocycles. The van der Waals surface area contributed by atoms with Crippen LogP contribution in [0.5, 0.6) is 5.88 Å². The molecule has 1 saturated carbocycles. The highest BCUT2D eigenvalue weighted by Gasteiger charge is 2.22. The zero-order chi connectivity index (χ0) is 17.6. The lowest BCUT2D eigenvalue weighted by molar-refractivity contribution is 0.237. The molecular formula is C20H25N3O2. The number of hydrogen-bond donors (Lipinski definition) is 2. The number of pyridine rings is 1. The Labute approximate surface area is 148 Å². The Hall–Kier alpha value is -2.56. The number of hydrogen-bond acceptors (Lipinski definition) is 3. The lowest BCUT2D eigenvalue weighted by Crippen LogP contribution is -2.36. The van der Waals surface area contributed by atoms with Crippen LogP contribution in [-0.4, -0.2) is 17.6 Å². The van der Waals surface area contributed by atoms with Crippen molar-refractivity contribution >= 4 is 6.03 Å². The fourth-order valence-corrected chi connectivity index (χ4v) is 2.67. The molecule has 132 valence electrons. The zero-order valence-corrected chi connectivity index (χ0v) is 14.8. The van der Waals surface area contributed by atoms with Crippen LogP contribution in [0.1, 0.15) is 42.5 Å². The molecule has 0 spiro atoms. The minimum atomic E-state index is -0.190. The molecule has 0 aliphatic heterocycles. The van der Waals surface area contributed by atoms with Crippen molar-refractivity contribution in [2.24, 2.45) is 5.92 Å². The third-order valence-corrected chi connectivity index (χ3v) is 4.42. The number of rotatable bonds is 7. The standard InChI is InChI=1S/C20H25N3O2/c1-14-5-3-4-6-18(14)15(2)23-20(24)22-12-17-9-10-19(21-11-17)25-13-16-7-8-16/h3-6,9-11,15-16H,7-8,12-13H2,1-2H3,(H2,22,23,24). The van der Waals surface area contributed by atoms with Gasteiger partial charge in [0.15, 0.2) is 0 Å². The van der Waals surface area contributed by atoms with Gasteiger partial charge in [-0.1, -0.05) is 30.3 Å². The summed E-state index contributed by atoms with van der Waals surface area (Å²) in [6.45, 7) is 5.21. The van der Waals surface area contributed by atoms with E-state index in [1.54, 1.807) is 6.20 Å². The van der Waals surface area contributed by atoms with Gasteiger partial charge < -0.3 is 15.4 Å². The highest BCUT2D eigenvalue weighted by molar-refractivity contribution is 5.74. The Morgan fingerprint density at radius 2 is 2.08 bits per heavy atom. The van der Waals surface area contributed by atoms with Crippen LogP contribution in [0.3, 0.4) is 0 Å². The van der Waals surface area contributed by atoms with Gasteiger partial charge in [-0.2, -0.15) is 0 Å². The molecule has 2 aromatic rings. The molecule has 0 bridgehead atoms. The molecular weight excluding hydrogens is 314 g/mol. The monoisotopic (exact) mass is 339 g/mol. The number of carbonyl (C=O) groups excluding carboxylic acids is 1. The number of ether oxygens (including phenoxy) is 1. The zero-order valence-electron chi connectivity index (χ0n) is 14.8. The molecule has 1 unspecified atom stereocenters. The Morgan fingerprint density at radius 1 is 1.28 bits per heavy atom. The summed E-state index contributed by atoms with van der Waals surface area (Å²) in [7, 11) is 0. The first kappa shape index (κ1) is 17.3. The van der Waals surface area contributed by atoms with Crippen LogP contribution in [0, 0.1) is 12.8 Å². The quantitative estimate of drug-likeness (QED) is 0.808. The molecule has 5 nitrogen and oxygen atoms in total. The van der Waals surface area contributed by atoms with E-state index >= 15 is 0 Å². The third kappa shape index (κ3) is 5.21. The summed E-state index contributed by atoms with van der Waals surface area (Å²) >= 11 is 0. The van der Waals surface area contributed by atoms with Gasteiger partial charge in [-0.25, -0.2) is 9.78 Å². The molecule has 0 saturated heterocycles. The van der Waals surface area contributed by atoms with Gasteiger partial charge in [0, 0.05) is 18.8 Å². The smallest absolute Gasteiger partial charge is 0.315 e. The molecule has 3 rings (SSSR count). The van der Waals surface area contributed by atoms with Crippen molar-refractivity contribution in [1.82, 2.24) is 15.6 Å². The summed E-state index contributed by atoms with van der Waals surface area (Å²) in [5.74, 6) is 1.36. The van der Waals surface area contributed by atoms with Gasteiger partial charge in [0.2, 0.25) is 5.88 Å². The number of benzene rings is 1. The van der Waals surface area contributed by atoms with Crippen molar-refractivity contribution in [3.63, 3.8) is 0 Å². The van der Waals surface area contributed by atoms with Crippen molar-refractivity contribution in [1.29, 1.82) is 0 Å². The van der Waals surface area contributed by atoms with E-state index in [1.807, 2.05) is 50.2 Å². The van der Waals surface area contributed by atoms with Gasteiger partial charge in [0.25, 0.3) is 0 Å². The molecule has 1 heterocycles. The van der Waals surface area contributed by atoms with Crippen molar-refractivity contribution in [2.45, 2.75) is 39.3 Å². The molecule has 1 fully saturated rings. The molecule has 1 aromatic carbocycles. The minimum absolute atomic E-state index is 0.0440. The SMILES string of the molecule is Cc1ccccc1C(C)NC(=O)NCc1ccc(OCC2CC2)nc1. The Balaban J connectivity index is 1.44. The number of amides is 2. The molecule has 1 atom stereocenters. The number of aromatic nitrogens is 1. The maximum absolute atomic E-state index is 12.1. The predicted octanol–water partition coefficient (Wildman–Crippen LogP) is 3.74. The average molecular weight is 339 g/mol. The van der Waals surface area contributed by atoms with Crippen LogP contribution in [0.15, 0.2) is 42.6 Å². The second-order valence-corrected chi connectivity index (χ2v) is 6.66. The molecule has 2 amide bonds. The van der Waals surface area contributed by atoms with Crippen LogP contribution in [0.25, 0.3) is 0 Å². The lowest BCUT2D eigenvalue weighted by atomic mass is 10.0. The first-order valence-electron chi connectivity index (χ1n) is 8.79. The van der Waals surface area contributed by atoms with Crippen LogP contribution in [-0.2, 0) is 6.54 Å². The number of nitrogens with zero attached hydrogens (tertiary/aromatic N) is 1. The Kier molecular flexibility index (Phi) is 5.53. The highest BCUT2D eigenvalue weighted by atomic mass is 16.5. The second-order valence-electron chi connectivity index (χ2n) is 6.66.